The third kappa shape index (κ3) is 2.71. The van der Waals surface area contributed by atoms with Crippen molar-refractivity contribution in [3.63, 3.8) is 0 Å². The van der Waals surface area contributed by atoms with Crippen molar-refractivity contribution >= 4 is 23.2 Å². The van der Waals surface area contributed by atoms with Gasteiger partial charge in [-0.15, -0.1) is 0 Å². The van der Waals surface area contributed by atoms with Crippen LogP contribution in [0.15, 0.2) is 18.2 Å². The molecule has 1 atom stereocenters. The Kier molecular flexibility index (Phi) is 4.01. The summed E-state index contributed by atoms with van der Waals surface area (Å²) in [6.07, 6.45) is 3.50. The van der Waals surface area contributed by atoms with Crippen LogP contribution in [0.25, 0.3) is 0 Å². The molecule has 0 spiro atoms. The molecule has 106 valence electrons. The normalized spacial score (nSPS) is 15.3. The number of fused-ring (bicyclic) bond motifs is 1. The summed E-state index contributed by atoms with van der Waals surface area (Å²) in [6, 6.07) is 5.78. The third-order valence-corrected chi connectivity index (χ3v) is 4.46. The van der Waals surface area contributed by atoms with E-state index in [1.54, 1.807) is 6.07 Å². The Morgan fingerprint density at radius 3 is 3.00 bits per heavy atom. The second kappa shape index (κ2) is 5.76. The average molecular weight is 310 g/mol. The predicted octanol–water partition coefficient (Wildman–Crippen LogP) is 4.06. The van der Waals surface area contributed by atoms with Crippen LogP contribution < -0.4 is 5.32 Å². The number of halogens is 2. The first kappa shape index (κ1) is 13.9. The second-order valence-electron chi connectivity index (χ2n) is 5.25. The number of aromatic amines is 1. The van der Waals surface area contributed by atoms with Crippen LogP contribution in [-0.4, -0.2) is 10.2 Å². The van der Waals surface area contributed by atoms with Gasteiger partial charge in [0, 0.05) is 28.3 Å². The summed E-state index contributed by atoms with van der Waals surface area (Å²) in [6.45, 7) is 2.86. The molecule has 1 aromatic heterocycles. The predicted molar refractivity (Wildman–Crippen MR) is 82.3 cm³/mol. The van der Waals surface area contributed by atoms with Crippen LogP contribution in [0.2, 0.25) is 10.0 Å². The lowest BCUT2D eigenvalue weighted by atomic mass is 10.1. The van der Waals surface area contributed by atoms with Crippen molar-refractivity contribution < 1.29 is 0 Å². The van der Waals surface area contributed by atoms with Gasteiger partial charge in [0.2, 0.25) is 0 Å². The maximum atomic E-state index is 6.23. The molecule has 1 aliphatic carbocycles. The molecule has 0 aliphatic heterocycles. The summed E-state index contributed by atoms with van der Waals surface area (Å²) in [5, 5.41) is 12.4. The number of aryl methyl sites for hydroxylation is 1. The molecule has 1 aromatic carbocycles. The summed E-state index contributed by atoms with van der Waals surface area (Å²) in [4.78, 5) is 0. The van der Waals surface area contributed by atoms with E-state index in [0.29, 0.717) is 10.0 Å². The number of rotatable bonds is 4. The summed E-state index contributed by atoms with van der Waals surface area (Å²) < 4.78 is 0. The number of hydrogen-bond donors (Lipinski definition) is 2. The molecular formula is C15H17Cl2N3. The molecule has 20 heavy (non-hydrogen) atoms. The minimum absolute atomic E-state index is 0.161. The lowest BCUT2D eigenvalue weighted by Crippen LogP contribution is -2.19. The van der Waals surface area contributed by atoms with Crippen LogP contribution in [0.1, 0.15) is 41.9 Å². The van der Waals surface area contributed by atoms with Gasteiger partial charge in [-0.3, -0.25) is 5.10 Å². The van der Waals surface area contributed by atoms with Crippen LogP contribution in [0.4, 0.5) is 0 Å². The number of H-pyrrole nitrogens is 1. The molecule has 0 radical (unpaired) electrons. The third-order valence-electron chi connectivity index (χ3n) is 3.90. The molecule has 0 amide bonds. The van der Waals surface area contributed by atoms with E-state index in [9.17, 15) is 0 Å². The molecule has 2 N–H and O–H groups in total. The second-order valence-corrected chi connectivity index (χ2v) is 6.09. The van der Waals surface area contributed by atoms with Gasteiger partial charge in [-0.25, -0.2) is 0 Å². The summed E-state index contributed by atoms with van der Waals surface area (Å²) >= 11 is 12.2. The van der Waals surface area contributed by atoms with Gasteiger partial charge in [0.1, 0.15) is 0 Å². The van der Waals surface area contributed by atoms with Crippen LogP contribution in [0.5, 0.6) is 0 Å². The van der Waals surface area contributed by atoms with Crippen molar-refractivity contribution in [3.8, 4) is 0 Å². The molecule has 5 heteroatoms. The summed E-state index contributed by atoms with van der Waals surface area (Å²) in [7, 11) is 0. The van der Waals surface area contributed by atoms with Crippen molar-refractivity contribution in [2.45, 2.75) is 38.8 Å². The van der Waals surface area contributed by atoms with Crippen LogP contribution in [0, 0.1) is 0 Å². The van der Waals surface area contributed by atoms with E-state index in [1.165, 1.54) is 17.7 Å². The fourth-order valence-corrected chi connectivity index (χ4v) is 3.32. The molecule has 3 rings (SSSR count). The lowest BCUT2D eigenvalue weighted by molar-refractivity contribution is 0.564. The molecule has 1 unspecified atom stereocenters. The smallest absolute Gasteiger partial charge is 0.0794 e. The average Bonchev–Trinajstić information content (AvgIpc) is 2.99. The number of nitrogens with zero attached hydrogens (tertiary/aromatic N) is 1. The number of benzene rings is 1. The highest BCUT2D eigenvalue weighted by molar-refractivity contribution is 6.35. The monoisotopic (exact) mass is 309 g/mol. The summed E-state index contributed by atoms with van der Waals surface area (Å²) in [5.41, 5.74) is 4.89. The van der Waals surface area contributed by atoms with E-state index in [4.69, 9.17) is 23.2 Å². The minimum atomic E-state index is 0.161. The fraction of sp³-hybridized carbons (Fsp3) is 0.400. The Morgan fingerprint density at radius 1 is 1.35 bits per heavy atom. The maximum Gasteiger partial charge on any atom is 0.0794 e. The Hall–Kier alpha value is -1.03. The highest BCUT2D eigenvalue weighted by atomic mass is 35.5. The van der Waals surface area contributed by atoms with E-state index < -0.39 is 0 Å². The highest BCUT2D eigenvalue weighted by Crippen LogP contribution is 2.27. The van der Waals surface area contributed by atoms with Crippen molar-refractivity contribution in [1.82, 2.24) is 15.5 Å². The minimum Gasteiger partial charge on any atom is -0.304 e. The van der Waals surface area contributed by atoms with Crippen molar-refractivity contribution in [1.29, 1.82) is 0 Å². The summed E-state index contributed by atoms with van der Waals surface area (Å²) in [5.74, 6) is 0. The molecule has 2 aromatic rings. The van der Waals surface area contributed by atoms with E-state index in [2.05, 4.69) is 22.4 Å². The van der Waals surface area contributed by atoms with Crippen LogP contribution in [-0.2, 0) is 19.4 Å². The first-order valence-corrected chi connectivity index (χ1v) is 7.64. The molecule has 1 aliphatic rings. The molecule has 3 nitrogen and oxygen atoms in total. The standard InChI is InChI=1S/C15H17Cl2N3/c1-9(11-6-5-10(16)7-13(11)17)18-8-15-12-3-2-4-14(12)19-20-15/h5-7,9,18H,2-4,8H2,1H3,(H,19,20). The van der Waals surface area contributed by atoms with Gasteiger partial charge in [0.05, 0.1) is 5.69 Å². The zero-order valence-electron chi connectivity index (χ0n) is 11.3. The molecule has 0 bridgehead atoms. The molecule has 0 fully saturated rings. The van der Waals surface area contributed by atoms with Gasteiger partial charge >= 0.3 is 0 Å². The zero-order chi connectivity index (χ0) is 14.1. The Morgan fingerprint density at radius 2 is 2.20 bits per heavy atom. The van der Waals surface area contributed by atoms with Crippen LogP contribution >= 0.6 is 23.2 Å². The highest BCUT2D eigenvalue weighted by Gasteiger charge is 2.19. The topological polar surface area (TPSA) is 40.7 Å². The molecule has 1 heterocycles. The first-order chi connectivity index (χ1) is 9.65. The quantitative estimate of drug-likeness (QED) is 0.894. The van der Waals surface area contributed by atoms with Gasteiger partial charge in [-0.2, -0.15) is 5.10 Å². The van der Waals surface area contributed by atoms with Crippen molar-refractivity contribution in [2.24, 2.45) is 0 Å². The van der Waals surface area contributed by atoms with E-state index in [0.717, 1.165) is 30.6 Å². The Bertz CT molecular complexity index is 622. The Labute approximate surface area is 128 Å². The Balaban J connectivity index is 1.68. The fourth-order valence-electron chi connectivity index (χ4n) is 2.75. The number of aromatic nitrogens is 2. The van der Waals surface area contributed by atoms with Gasteiger partial charge in [-0.05, 0) is 49.4 Å². The SMILES string of the molecule is CC(NCc1n[nH]c2c1CCC2)c1ccc(Cl)cc1Cl. The van der Waals surface area contributed by atoms with E-state index >= 15 is 0 Å². The molecule has 0 saturated carbocycles. The van der Waals surface area contributed by atoms with Gasteiger partial charge in [0.15, 0.2) is 0 Å². The van der Waals surface area contributed by atoms with Gasteiger partial charge in [-0.1, -0.05) is 29.3 Å². The number of nitrogens with one attached hydrogen (secondary N) is 2. The number of hydrogen-bond acceptors (Lipinski definition) is 2. The van der Waals surface area contributed by atoms with Crippen molar-refractivity contribution in [3.05, 3.63) is 50.8 Å². The van der Waals surface area contributed by atoms with Crippen LogP contribution in [0.3, 0.4) is 0 Å². The van der Waals surface area contributed by atoms with E-state index in [1.807, 2.05) is 12.1 Å². The largest absolute Gasteiger partial charge is 0.304 e. The van der Waals surface area contributed by atoms with E-state index in [-0.39, 0.29) is 6.04 Å². The van der Waals surface area contributed by atoms with Gasteiger partial charge in [0.25, 0.3) is 0 Å². The maximum absolute atomic E-state index is 6.23. The van der Waals surface area contributed by atoms with Gasteiger partial charge < -0.3 is 5.32 Å². The molecule has 0 saturated heterocycles. The first-order valence-electron chi connectivity index (χ1n) is 6.88. The lowest BCUT2D eigenvalue weighted by Gasteiger charge is -2.15. The zero-order valence-corrected chi connectivity index (χ0v) is 12.9. The van der Waals surface area contributed by atoms with Crippen molar-refractivity contribution in [2.75, 3.05) is 0 Å². The molecular weight excluding hydrogens is 293 g/mol.